The summed E-state index contributed by atoms with van der Waals surface area (Å²) in [4.78, 5) is 18.2. The first-order valence-electron chi connectivity index (χ1n) is 9.08. The van der Waals surface area contributed by atoms with Crippen molar-refractivity contribution in [1.29, 1.82) is 0 Å². The highest BCUT2D eigenvalue weighted by Gasteiger charge is 2.33. The predicted octanol–water partition coefficient (Wildman–Crippen LogP) is 5.69. The van der Waals surface area contributed by atoms with Gasteiger partial charge < -0.3 is 4.90 Å². The molecule has 3 aromatic rings. The third-order valence-electron chi connectivity index (χ3n) is 4.53. The lowest BCUT2D eigenvalue weighted by atomic mass is 10.1. The second kappa shape index (κ2) is 8.73. The number of alkyl halides is 3. The van der Waals surface area contributed by atoms with E-state index in [0.717, 1.165) is 34.1 Å². The van der Waals surface area contributed by atoms with Crippen LogP contribution in [0.3, 0.4) is 0 Å². The van der Waals surface area contributed by atoms with Crippen LogP contribution in [0.15, 0.2) is 48.5 Å². The first kappa shape index (κ1) is 20.3. The van der Waals surface area contributed by atoms with Crippen molar-refractivity contribution in [2.24, 2.45) is 0 Å². The summed E-state index contributed by atoms with van der Waals surface area (Å²) in [6.07, 6.45) is -1.81. The predicted molar refractivity (Wildman–Crippen MR) is 105 cm³/mol. The maximum absolute atomic E-state index is 13.1. The topological polar surface area (TPSA) is 33.2 Å². The van der Waals surface area contributed by atoms with E-state index in [4.69, 9.17) is 0 Å². The zero-order valence-corrected chi connectivity index (χ0v) is 16.3. The fourth-order valence-electron chi connectivity index (χ4n) is 3.05. The molecule has 0 unspecified atom stereocenters. The number of aryl methyl sites for hydroxylation is 1. The largest absolute Gasteiger partial charge is 0.416 e. The third kappa shape index (κ3) is 5.10. The van der Waals surface area contributed by atoms with Crippen LogP contribution >= 0.6 is 11.3 Å². The summed E-state index contributed by atoms with van der Waals surface area (Å²) in [5, 5.41) is 1.04. The number of carbonyl (C=O) groups is 1. The van der Waals surface area contributed by atoms with Crippen LogP contribution in [0, 0.1) is 0 Å². The lowest BCUT2D eigenvalue weighted by molar-refractivity contribution is -0.139. The Kier molecular flexibility index (Phi) is 6.34. The van der Waals surface area contributed by atoms with E-state index < -0.39 is 11.7 Å². The molecule has 0 saturated carbocycles. The number of rotatable bonds is 7. The molecule has 28 heavy (non-hydrogen) atoms. The second-order valence-electron chi connectivity index (χ2n) is 6.69. The second-order valence-corrected chi connectivity index (χ2v) is 7.80. The summed E-state index contributed by atoms with van der Waals surface area (Å²) < 4.78 is 40.4. The molecule has 2 aromatic carbocycles. The van der Waals surface area contributed by atoms with Crippen LogP contribution in [0.2, 0.25) is 0 Å². The monoisotopic (exact) mass is 406 g/mol. The van der Waals surface area contributed by atoms with Crippen LogP contribution in [-0.4, -0.2) is 22.8 Å². The van der Waals surface area contributed by atoms with Gasteiger partial charge in [0.25, 0.3) is 0 Å². The molecule has 3 rings (SSSR count). The molecule has 0 aliphatic heterocycles. The third-order valence-corrected chi connectivity index (χ3v) is 5.62. The van der Waals surface area contributed by atoms with E-state index in [-0.39, 0.29) is 18.0 Å². The van der Waals surface area contributed by atoms with Gasteiger partial charge in [-0.2, -0.15) is 13.2 Å². The summed E-state index contributed by atoms with van der Waals surface area (Å²) in [6.45, 7) is -0.0492. The summed E-state index contributed by atoms with van der Waals surface area (Å²) in [7, 11) is 1.54. The van der Waals surface area contributed by atoms with Gasteiger partial charge in [-0.3, -0.25) is 4.79 Å². The molecule has 0 radical (unpaired) electrons. The smallest absolute Gasteiger partial charge is 0.341 e. The zero-order chi connectivity index (χ0) is 20.1. The molecule has 0 bridgehead atoms. The van der Waals surface area contributed by atoms with Crippen molar-refractivity contribution in [3.8, 4) is 0 Å². The minimum absolute atomic E-state index is 0.0492. The lowest BCUT2D eigenvalue weighted by Gasteiger charge is -2.20. The van der Waals surface area contributed by atoms with Crippen LogP contribution in [0.1, 0.15) is 35.4 Å². The molecule has 0 aliphatic rings. The summed E-state index contributed by atoms with van der Waals surface area (Å²) in [5.41, 5.74) is 0.410. The number of aromatic nitrogens is 1. The average molecular weight is 406 g/mol. The van der Waals surface area contributed by atoms with Crippen molar-refractivity contribution in [2.45, 2.75) is 38.4 Å². The normalized spacial score (nSPS) is 11.7. The van der Waals surface area contributed by atoms with E-state index >= 15 is 0 Å². The van der Waals surface area contributed by atoms with Crippen LogP contribution in [0.4, 0.5) is 13.2 Å². The average Bonchev–Trinajstić information content (AvgIpc) is 3.07. The van der Waals surface area contributed by atoms with Gasteiger partial charge in [-0.1, -0.05) is 30.3 Å². The fraction of sp³-hybridized carbons (Fsp3) is 0.333. The maximum Gasteiger partial charge on any atom is 0.416 e. The van der Waals surface area contributed by atoms with Gasteiger partial charge in [-0.05, 0) is 43.0 Å². The molecule has 0 atom stereocenters. The Balaban J connectivity index is 1.48. The summed E-state index contributed by atoms with van der Waals surface area (Å²) in [5.74, 6) is -0.152. The minimum Gasteiger partial charge on any atom is -0.341 e. The van der Waals surface area contributed by atoms with Gasteiger partial charge in [0.1, 0.15) is 0 Å². The highest BCUT2D eigenvalue weighted by Crippen LogP contribution is 2.32. The number of nitrogens with zero attached hydrogens (tertiary/aromatic N) is 2. The van der Waals surface area contributed by atoms with E-state index in [1.54, 1.807) is 24.5 Å². The molecule has 0 N–H and O–H groups in total. The Labute approximate surface area is 165 Å². The number of para-hydroxylation sites is 1. The molecule has 1 heterocycles. The zero-order valence-electron chi connectivity index (χ0n) is 15.5. The molecule has 1 amide bonds. The van der Waals surface area contributed by atoms with E-state index in [9.17, 15) is 18.0 Å². The van der Waals surface area contributed by atoms with E-state index in [2.05, 4.69) is 4.98 Å². The Bertz CT molecular complexity index is 919. The molecule has 148 valence electrons. The molecule has 0 fully saturated rings. The van der Waals surface area contributed by atoms with Crippen molar-refractivity contribution in [3.05, 3.63) is 64.7 Å². The van der Waals surface area contributed by atoms with Crippen LogP contribution in [0.25, 0.3) is 10.2 Å². The van der Waals surface area contributed by atoms with Gasteiger partial charge in [0.05, 0.1) is 20.8 Å². The van der Waals surface area contributed by atoms with E-state index in [1.165, 1.54) is 17.0 Å². The van der Waals surface area contributed by atoms with Crippen molar-refractivity contribution in [2.75, 3.05) is 7.05 Å². The Morgan fingerprint density at radius 2 is 1.79 bits per heavy atom. The van der Waals surface area contributed by atoms with Crippen LogP contribution < -0.4 is 0 Å². The molecule has 0 saturated heterocycles. The minimum atomic E-state index is -4.42. The molecule has 1 aromatic heterocycles. The highest BCUT2D eigenvalue weighted by atomic mass is 32.1. The molecular formula is C21H21F3N2OS. The van der Waals surface area contributed by atoms with Gasteiger partial charge in [0.2, 0.25) is 5.91 Å². The Hall–Kier alpha value is -2.41. The number of thiazole rings is 1. The number of hydrogen-bond acceptors (Lipinski definition) is 3. The maximum atomic E-state index is 13.1. The number of amides is 1. The van der Waals surface area contributed by atoms with Gasteiger partial charge in [-0.15, -0.1) is 11.3 Å². The first-order chi connectivity index (χ1) is 13.3. The number of benzene rings is 2. The van der Waals surface area contributed by atoms with Crippen LogP contribution in [-0.2, 0) is 23.9 Å². The number of fused-ring (bicyclic) bond motifs is 1. The Morgan fingerprint density at radius 3 is 2.54 bits per heavy atom. The molecule has 3 nitrogen and oxygen atoms in total. The number of hydrogen-bond donors (Lipinski definition) is 0. The Morgan fingerprint density at radius 1 is 1.07 bits per heavy atom. The lowest BCUT2D eigenvalue weighted by Crippen LogP contribution is -2.27. The molecule has 0 spiro atoms. The van der Waals surface area contributed by atoms with E-state index in [1.807, 2.05) is 24.3 Å². The van der Waals surface area contributed by atoms with Gasteiger partial charge in [0, 0.05) is 20.0 Å². The van der Waals surface area contributed by atoms with Gasteiger partial charge >= 0.3 is 6.18 Å². The van der Waals surface area contributed by atoms with E-state index in [0.29, 0.717) is 12.8 Å². The summed E-state index contributed by atoms with van der Waals surface area (Å²) >= 11 is 1.66. The highest BCUT2D eigenvalue weighted by molar-refractivity contribution is 7.18. The number of unbranched alkanes of at least 4 members (excludes halogenated alkanes) is 1. The van der Waals surface area contributed by atoms with Crippen molar-refractivity contribution < 1.29 is 18.0 Å². The van der Waals surface area contributed by atoms with Crippen molar-refractivity contribution in [3.63, 3.8) is 0 Å². The standard InChI is InChI=1S/C21H21F3N2OS/c1-26(14-15-8-2-3-9-16(15)21(22,23)24)20(27)13-7-6-12-19-25-17-10-4-5-11-18(17)28-19/h2-5,8-11H,6-7,12-14H2,1H3. The number of carbonyl (C=O) groups excluding carboxylic acids is 1. The van der Waals surface area contributed by atoms with Gasteiger partial charge in [-0.25, -0.2) is 4.98 Å². The molecular weight excluding hydrogens is 385 g/mol. The molecule has 7 heteroatoms. The fourth-order valence-corrected chi connectivity index (χ4v) is 4.06. The number of halogens is 3. The molecule has 0 aliphatic carbocycles. The summed E-state index contributed by atoms with van der Waals surface area (Å²) in [6, 6.07) is 13.3. The first-order valence-corrected chi connectivity index (χ1v) is 9.90. The van der Waals surface area contributed by atoms with Gasteiger partial charge in [0.15, 0.2) is 0 Å². The van der Waals surface area contributed by atoms with Crippen LogP contribution in [0.5, 0.6) is 0 Å². The van der Waals surface area contributed by atoms with Crippen molar-refractivity contribution >= 4 is 27.5 Å². The quantitative estimate of drug-likeness (QED) is 0.473. The van der Waals surface area contributed by atoms with Crippen molar-refractivity contribution in [1.82, 2.24) is 9.88 Å². The SMILES string of the molecule is CN(Cc1ccccc1C(F)(F)F)C(=O)CCCCc1nc2ccccc2s1.